The minimum absolute atomic E-state index is 0.204. The molecule has 0 radical (unpaired) electrons. The molecule has 0 aliphatic heterocycles. The highest BCUT2D eigenvalue weighted by Crippen LogP contribution is 2.18. The molecule has 24 heavy (non-hydrogen) atoms. The van der Waals surface area contributed by atoms with Gasteiger partial charge in [0.05, 0.1) is 23.1 Å². The molecule has 128 valence electrons. The van der Waals surface area contributed by atoms with E-state index in [1.165, 1.54) is 6.20 Å². The summed E-state index contributed by atoms with van der Waals surface area (Å²) in [5, 5.41) is 10.3. The van der Waals surface area contributed by atoms with E-state index in [4.69, 9.17) is 11.6 Å². The first kappa shape index (κ1) is 18.0. The van der Waals surface area contributed by atoms with Gasteiger partial charge in [0, 0.05) is 11.6 Å². The minimum Gasteiger partial charge on any atom is -0.354 e. The lowest BCUT2D eigenvalue weighted by atomic mass is 10.2. The van der Waals surface area contributed by atoms with Crippen LogP contribution in [0.1, 0.15) is 36.3 Å². The molecule has 6 nitrogen and oxygen atoms in total. The molecular formula is C17H21ClN4O2. The fourth-order valence-electron chi connectivity index (χ4n) is 2.24. The molecule has 2 N–H and O–H groups in total. The molecule has 2 rings (SSSR count). The summed E-state index contributed by atoms with van der Waals surface area (Å²) in [4.78, 5) is 24.3. The summed E-state index contributed by atoms with van der Waals surface area (Å²) in [6.07, 6.45) is 2.33. The summed E-state index contributed by atoms with van der Waals surface area (Å²) in [6.45, 7) is 6.01. The molecular weight excluding hydrogens is 328 g/mol. The van der Waals surface area contributed by atoms with E-state index in [9.17, 15) is 9.59 Å². The Morgan fingerprint density at radius 3 is 2.79 bits per heavy atom. The van der Waals surface area contributed by atoms with Crippen LogP contribution in [0.4, 0.5) is 0 Å². The summed E-state index contributed by atoms with van der Waals surface area (Å²) in [7, 11) is 0. The molecule has 0 bridgehead atoms. The number of rotatable bonds is 6. The van der Waals surface area contributed by atoms with Crippen molar-refractivity contribution in [1.29, 1.82) is 0 Å². The number of nitrogens with one attached hydrogen (secondary N) is 2. The molecule has 2 amide bonds. The van der Waals surface area contributed by atoms with Crippen molar-refractivity contribution < 1.29 is 9.59 Å². The Kier molecular flexibility index (Phi) is 5.98. The molecule has 0 fully saturated rings. The number of nitrogens with zero attached hydrogens (tertiary/aromatic N) is 2. The van der Waals surface area contributed by atoms with Gasteiger partial charge in [0.25, 0.3) is 5.91 Å². The first-order valence-corrected chi connectivity index (χ1v) is 8.21. The summed E-state index contributed by atoms with van der Waals surface area (Å²) < 4.78 is 1.64. The second-order valence-corrected chi connectivity index (χ2v) is 5.96. The van der Waals surface area contributed by atoms with Crippen molar-refractivity contribution in [1.82, 2.24) is 20.4 Å². The van der Waals surface area contributed by atoms with Gasteiger partial charge in [0.15, 0.2) is 0 Å². The zero-order chi connectivity index (χ0) is 17.7. The molecule has 0 spiro atoms. The SMILES string of the molecule is CCCNC(=O)[C@H](C)NC(=O)c1cnn(-c2cccc(Cl)c2)c1C. The van der Waals surface area contributed by atoms with Crippen molar-refractivity contribution in [3.05, 3.63) is 46.7 Å². The monoisotopic (exact) mass is 348 g/mol. The van der Waals surface area contributed by atoms with E-state index in [-0.39, 0.29) is 11.8 Å². The predicted molar refractivity (Wildman–Crippen MR) is 93.5 cm³/mol. The van der Waals surface area contributed by atoms with Crippen LogP contribution in [0.2, 0.25) is 5.02 Å². The third kappa shape index (κ3) is 4.14. The Morgan fingerprint density at radius 2 is 2.12 bits per heavy atom. The Labute approximate surface area is 146 Å². The van der Waals surface area contributed by atoms with Gasteiger partial charge in [0.2, 0.25) is 5.91 Å². The Hall–Kier alpha value is -2.34. The molecule has 7 heteroatoms. The van der Waals surface area contributed by atoms with Crippen LogP contribution in [0, 0.1) is 6.92 Å². The number of benzene rings is 1. The summed E-state index contributed by atoms with van der Waals surface area (Å²) >= 11 is 6.00. The number of carbonyl (C=O) groups excluding carboxylic acids is 2. The number of hydrogen-bond acceptors (Lipinski definition) is 3. The van der Waals surface area contributed by atoms with Gasteiger partial charge in [-0.2, -0.15) is 5.10 Å². The minimum atomic E-state index is -0.613. The largest absolute Gasteiger partial charge is 0.354 e. The molecule has 1 atom stereocenters. The van der Waals surface area contributed by atoms with Gasteiger partial charge in [-0.1, -0.05) is 24.6 Å². The second kappa shape index (κ2) is 7.97. The average Bonchev–Trinajstić information content (AvgIpc) is 2.94. The number of aromatic nitrogens is 2. The molecule has 0 aliphatic rings. The fourth-order valence-corrected chi connectivity index (χ4v) is 2.43. The third-order valence-electron chi connectivity index (χ3n) is 3.60. The zero-order valence-corrected chi connectivity index (χ0v) is 14.7. The highest BCUT2D eigenvalue weighted by molar-refractivity contribution is 6.30. The van der Waals surface area contributed by atoms with E-state index < -0.39 is 6.04 Å². The molecule has 2 aromatic rings. The predicted octanol–water partition coefficient (Wildman–Crippen LogP) is 2.48. The lowest BCUT2D eigenvalue weighted by Crippen LogP contribution is -2.45. The van der Waals surface area contributed by atoms with E-state index in [1.54, 1.807) is 30.7 Å². The second-order valence-electron chi connectivity index (χ2n) is 5.52. The zero-order valence-electron chi connectivity index (χ0n) is 14.0. The van der Waals surface area contributed by atoms with Crippen LogP contribution in [0.5, 0.6) is 0 Å². The Balaban J connectivity index is 2.13. The Bertz CT molecular complexity index is 742. The average molecular weight is 349 g/mol. The van der Waals surface area contributed by atoms with Gasteiger partial charge in [0.1, 0.15) is 6.04 Å². The van der Waals surface area contributed by atoms with Crippen LogP contribution in [0.3, 0.4) is 0 Å². The summed E-state index contributed by atoms with van der Waals surface area (Å²) in [5.41, 5.74) is 1.87. The van der Waals surface area contributed by atoms with Gasteiger partial charge >= 0.3 is 0 Å². The van der Waals surface area contributed by atoms with Crippen molar-refractivity contribution in [3.8, 4) is 5.69 Å². The topological polar surface area (TPSA) is 76.0 Å². The van der Waals surface area contributed by atoms with Crippen LogP contribution in [-0.4, -0.2) is 34.2 Å². The number of hydrogen-bond donors (Lipinski definition) is 2. The van der Waals surface area contributed by atoms with Crippen LogP contribution in [-0.2, 0) is 4.79 Å². The van der Waals surface area contributed by atoms with Crippen LogP contribution >= 0.6 is 11.6 Å². The molecule has 1 heterocycles. The Morgan fingerprint density at radius 1 is 1.38 bits per heavy atom. The van der Waals surface area contributed by atoms with Gasteiger partial charge < -0.3 is 10.6 Å². The lowest BCUT2D eigenvalue weighted by Gasteiger charge is -2.13. The normalized spacial score (nSPS) is 11.8. The van der Waals surface area contributed by atoms with Crippen molar-refractivity contribution in [3.63, 3.8) is 0 Å². The standard InChI is InChI=1S/C17H21ClN4O2/c1-4-8-19-16(23)11(2)21-17(24)15-10-20-22(12(15)3)14-7-5-6-13(18)9-14/h5-7,9-11H,4,8H2,1-3H3,(H,19,23)(H,21,24)/t11-/m0/s1. The molecule has 0 aliphatic carbocycles. The molecule has 0 saturated heterocycles. The quantitative estimate of drug-likeness (QED) is 0.842. The van der Waals surface area contributed by atoms with Crippen molar-refractivity contribution in [2.75, 3.05) is 6.54 Å². The summed E-state index contributed by atoms with van der Waals surface area (Å²) in [6, 6.07) is 6.60. The maximum atomic E-state index is 12.4. The first-order valence-electron chi connectivity index (χ1n) is 7.83. The van der Waals surface area contributed by atoms with Gasteiger partial charge in [-0.25, -0.2) is 4.68 Å². The van der Waals surface area contributed by atoms with Crippen molar-refractivity contribution >= 4 is 23.4 Å². The molecule has 1 aromatic heterocycles. The number of halogens is 1. The summed E-state index contributed by atoms with van der Waals surface area (Å²) in [5.74, 6) is -0.537. The lowest BCUT2D eigenvalue weighted by molar-refractivity contribution is -0.122. The van der Waals surface area contributed by atoms with Gasteiger partial charge in [-0.15, -0.1) is 0 Å². The van der Waals surface area contributed by atoms with E-state index in [0.29, 0.717) is 22.8 Å². The van der Waals surface area contributed by atoms with Gasteiger partial charge in [-0.3, -0.25) is 9.59 Å². The first-order chi connectivity index (χ1) is 11.4. The highest BCUT2D eigenvalue weighted by Gasteiger charge is 2.20. The van der Waals surface area contributed by atoms with Crippen molar-refractivity contribution in [2.24, 2.45) is 0 Å². The molecule has 0 unspecified atom stereocenters. The number of amides is 2. The van der Waals surface area contributed by atoms with Gasteiger partial charge in [-0.05, 0) is 38.5 Å². The van der Waals surface area contributed by atoms with E-state index in [0.717, 1.165) is 12.1 Å². The van der Waals surface area contributed by atoms with E-state index in [2.05, 4.69) is 15.7 Å². The number of carbonyl (C=O) groups is 2. The fraction of sp³-hybridized carbons (Fsp3) is 0.353. The van der Waals surface area contributed by atoms with E-state index in [1.807, 2.05) is 19.1 Å². The highest BCUT2D eigenvalue weighted by atomic mass is 35.5. The van der Waals surface area contributed by atoms with Crippen molar-refractivity contribution in [2.45, 2.75) is 33.2 Å². The molecule has 1 aromatic carbocycles. The maximum absolute atomic E-state index is 12.4. The van der Waals surface area contributed by atoms with Crippen LogP contribution in [0.25, 0.3) is 5.69 Å². The van der Waals surface area contributed by atoms with Crippen LogP contribution in [0.15, 0.2) is 30.5 Å². The molecule has 0 saturated carbocycles. The maximum Gasteiger partial charge on any atom is 0.255 e. The third-order valence-corrected chi connectivity index (χ3v) is 3.83. The van der Waals surface area contributed by atoms with E-state index >= 15 is 0 Å². The van der Waals surface area contributed by atoms with Crippen LogP contribution < -0.4 is 10.6 Å². The smallest absolute Gasteiger partial charge is 0.255 e.